The Kier molecular flexibility index (Phi) is 6.59. The molecule has 8 nitrogen and oxygen atoms in total. The van der Waals surface area contributed by atoms with Gasteiger partial charge in [0.25, 0.3) is 5.91 Å². The Morgan fingerprint density at radius 2 is 1.73 bits per heavy atom. The predicted molar refractivity (Wildman–Crippen MR) is 110 cm³/mol. The van der Waals surface area contributed by atoms with E-state index >= 15 is 0 Å². The maximum absolute atomic E-state index is 12.7. The van der Waals surface area contributed by atoms with Gasteiger partial charge in [-0.15, -0.1) is 0 Å². The van der Waals surface area contributed by atoms with E-state index in [1.165, 1.54) is 0 Å². The maximum Gasteiger partial charge on any atom is 0.339 e. The van der Waals surface area contributed by atoms with Gasteiger partial charge in [0.1, 0.15) is 0 Å². The number of urea groups is 1. The number of nitrogens with one attached hydrogen (secondary N) is 2. The number of rotatable bonds is 6. The number of hydrogen-bond donors (Lipinski definition) is 2. The van der Waals surface area contributed by atoms with Crippen LogP contribution < -0.4 is 10.6 Å². The van der Waals surface area contributed by atoms with Crippen molar-refractivity contribution in [3.63, 3.8) is 0 Å². The van der Waals surface area contributed by atoms with Crippen molar-refractivity contribution in [1.82, 2.24) is 20.4 Å². The monoisotopic (exact) mass is 406 g/mol. The average molecular weight is 406 g/mol. The topological polar surface area (TPSA) is 102 Å². The Hall–Kier alpha value is -3.94. The van der Waals surface area contributed by atoms with E-state index in [9.17, 15) is 14.4 Å². The quantitative estimate of drug-likeness (QED) is 0.613. The number of carbonyl (C=O) groups excluding carboxylic acids is 3. The summed E-state index contributed by atoms with van der Waals surface area (Å²) in [4.78, 5) is 37.0. The highest BCUT2D eigenvalue weighted by molar-refractivity contribution is 5.99. The van der Waals surface area contributed by atoms with Gasteiger partial charge in [-0.25, -0.2) is 14.3 Å². The minimum Gasteiger partial charge on any atom is -0.444 e. The summed E-state index contributed by atoms with van der Waals surface area (Å²) in [6, 6.07) is 16.4. The molecule has 0 aliphatic rings. The molecule has 2 N–H and O–H groups in total. The van der Waals surface area contributed by atoms with Gasteiger partial charge in [-0.1, -0.05) is 30.3 Å². The second-order valence-electron chi connectivity index (χ2n) is 6.48. The third kappa shape index (κ3) is 4.91. The fourth-order valence-corrected chi connectivity index (χ4v) is 2.84. The molecule has 30 heavy (non-hydrogen) atoms. The summed E-state index contributed by atoms with van der Waals surface area (Å²) in [6.45, 7) is 4.01. The van der Waals surface area contributed by atoms with Crippen LogP contribution in [0.5, 0.6) is 0 Å². The van der Waals surface area contributed by atoms with Gasteiger partial charge in [-0.05, 0) is 44.2 Å². The lowest BCUT2D eigenvalue weighted by atomic mass is 10.1. The fraction of sp³-hybridized carbons (Fsp3) is 0.182. The molecule has 0 aliphatic carbocycles. The number of imide groups is 1. The molecule has 0 fully saturated rings. The van der Waals surface area contributed by atoms with Crippen molar-refractivity contribution in [2.75, 3.05) is 6.54 Å². The first-order valence-corrected chi connectivity index (χ1v) is 9.45. The summed E-state index contributed by atoms with van der Waals surface area (Å²) in [5, 5.41) is 8.89. The van der Waals surface area contributed by atoms with Gasteiger partial charge in [0.15, 0.2) is 0 Å². The first-order valence-electron chi connectivity index (χ1n) is 9.45. The Balaban J connectivity index is 1.78. The number of hydrogen-bond acceptors (Lipinski definition) is 5. The Morgan fingerprint density at radius 1 is 1.03 bits per heavy atom. The number of ether oxygens (including phenoxy) is 1. The summed E-state index contributed by atoms with van der Waals surface area (Å²) in [7, 11) is 0. The highest BCUT2D eigenvalue weighted by Gasteiger charge is 2.27. The highest BCUT2D eigenvalue weighted by atomic mass is 16.5. The maximum atomic E-state index is 12.7. The van der Waals surface area contributed by atoms with Gasteiger partial charge in [0, 0.05) is 24.0 Å². The zero-order chi connectivity index (χ0) is 21.5. The number of benzene rings is 2. The number of nitrogens with zero attached hydrogens (tertiary/aromatic N) is 2. The molecule has 0 unspecified atom stereocenters. The lowest BCUT2D eigenvalue weighted by Crippen LogP contribution is -2.42. The van der Waals surface area contributed by atoms with Crippen LogP contribution >= 0.6 is 0 Å². The van der Waals surface area contributed by atoms with Gasteiger partial charge < -0.3 is 10.1 Å². The van der Waals surface area contributed by atoms with E-state index in [1.54, 1.807) is 72.4 Å². The van der Waals surface area contributed by atoms with E-state index in [-0.39, 0.29) is 5.56 Å². The van der Waals surface area contributed by atoms with Crippen LogP contribution in [-0.2, 0) is 9.53 Å². The van der Waals surface area contributed by atoms with Crippen LogP contribution in [-0.4, -0.2) is 34.2 Å². The number of amides is 3. The molecular weight excluding hydrogens is 384 g/mol. The lowest BCUT2D eigenvalue weighted by molar-refractivity contribution is -0.129. The summed E-state index contributed by atoms with van der Waals surface area (Å²) in [5.41, 5.74) is 2.48. The van der Waals surface area contributed by atoms with Crippen molar-refractivity contribution in [2.24, 2.45) is 0 Å². The SMILES string of the molecule is CCNC(=O)NC(=O)[C@@H](OC(=O)c1ccc(-n2nccc2C)cc1)c1ccccc1. The smallest absolute Gasteiger partial charge is 0.339 e. The molecule has 0 aliphatic heterocycles. The van der Waals surface area contributed by atoms with Crippen LogP contribution in [0.3, 0.4) is 0 Å². The standard InChI is InChI=1S/C22H22N4O4/c1-3-23-22(29)25-20(27)19(16-7-5-4-6-8-16)30-21(28)17-9-11-18(12-10-17)26-15(2)13-14-24-26/h4-14,19H,3H2,1-2H3,(H2,23,25,27,29)/t19-/m0/s1. The van der Waals surface area contributed by atoms with Crippen LogP contribution in [0.4, 0.5) is 4.79 Å². The van der Waals surface area contributed by atoms with Gasteiger partial charge in [-0.2, -0.15) is 5.10 Å². The van der Waals surface area contributed by atoms with Crippen LogP contribution in [0.15, 0.2) is 66.9 Å². The summed E-state index contributed by atoms with van der Waals surface area (Å²) < 4.78 is 7.20. The third-order valence-corrected chi connectivity index (χ3v) is 4.32. The number of aryl methyl sites for hydroxylation is 1. The van der Waals surface area contributed by atoms with E-state index in [0.717, 1.165) is 11.4 Å². The Bertz CT molecular complexity index is 1030. The molecule has 0 saturated heterocycles. The van der Waals surface area contributed by atoms with E-state index in [0.29, 0.717) is 12.1 Å². The minimum absolute atomic E-state index is 0.273. The third-order valence-electron chi connectivity index (χ3n) is 4.32. The second kappa shape index (κ2) is 9.51. The van der Waals surface area contributed by atoms with Crippen LogP contribution in [0.2, 0.25) is 0 Å². The minimum atomic E-state index is -1.27. The van der Waals surface area contributed by atoms with Gasteiger partial charge >= 0.3 is 12.0 Å². The molecule has 154 valence electrons. The molecule has 1 heterocycles. The molecule has 0 saturated carbocycles. The average Bonchev–Trinajstić information content (AvgIpc) is 3.18. The van der Waals surface area contributed by atoms with Crippen LogP contribution in [0.25, 0.3) is 5.69 Å². The molecule has 3 aromatic rings. The zero-order valence-electron chi connectivity index (χ0n) is 16.7. The lowest BCUT2D eigenvalue weighted by Gasteiger charge is -2.18. The first-order chi connectivity index (χ1) is 14.5. The fourth-order valence-electron chi connectivity index (χ4n) is 2.84. The summed E-state index contributed by atoms with van der Waals surface area (Å²) >= 11 is 0. The normalized spacial score (nSPS) is 11.4. The zero-order valence-corrected chi connectivity index (χ0v) is 16.7. The molecule has 1 atom stereocenters. The van der Waals surface area contributed by atoms with E-state index in [1.807, 2.05) is 13.0 Å². The molecule has 0 bridgehead atoms. The number of aromatic nitrogens is 2. The summed E-state index contributed by atoms with van der Waals surface area (Å²) in [5.74, 6) is -1.41. The molecule has 3 rings (SSSR count). The molecule has 0 radical (unpaired) electrons. The van der Waals surface area contributed by atoms with Crippen LogP contribution in [0.1, 0.15) is 34.6 Å². The summed E-state index contributed by atoms with van der Waals surface area (Å²) in [6.07, 6.45) is 0.421. The molecular formula is C22H22N4O4. The largest absolute Gasteiger partial charge is 0.444 e. The number of esters is 1. The van der Waals surface area contributed by atoms with Gasteiger partial charge in [-0.3, -0.25) is 10.1 Å². The molecule has 0 spiro atoms. The van der Waals surface area contributed by atoms with E-state index < -0.39 is 24.0 Å². The highest BCUT2D eigenvalue weighted by Crippen LogP contribution is 2.20. The molecule has 2 aromatic carbocycles. The van der Waals surface area contributed by atoms with Crippen molar-refractivity contribution in [2.45, 2.75) is 20.0 Å². The van der Waals surface area contributed by atoms with Crippen molar-refractivity contribution in [3.8, 4) is 5.69 Å². The van der Waals surface area contributed by atoms with Crippen LogP contribution in [0, 0.1) is 6.92 Å². The van der Waals surface area contributed by atoms with Crippen molar-refractivity contribution in [3.05, 3.63) is 83.7 Å². The van der Waals surface area contributed by atoms with E-state index in [4.69, 9.17) is 4.74 Å². The van der Waals surface area contributed by atoms with Gasteiger partial charge in [0.05, 0.1) is 11.3 Å². The van der Waals surface area contributed by atoms with Crippen molar-refractivity contribution in [1.29, 1.82) is 0 Å². The Labute approximate surface area is 173 Å². The molecule has 1 aromatic heterocycles. The van der Waals surface area contributed by atoms with Gasteiger partial charge in [0.2, 0.25) is 6.10 Å². The molecule has 3 amide bonds. The van der Waals surface area contributed by atoms with E-state index in [2.05, 4.69) is 15.7 Å². The first kappa shape index (κ1) is 20.8. The number of carbonyl (C=O) groups is 3. The Morgan fingerprint density at radius 3 is 2.33 bits per heavy atom. The second-order valence-corrected chi connectivity index (χ2v) is 6.48. The predicted octanol–water partition coefficient (Wildman–Crippen LogP) is 2.92. The van der Waals surface area contributed by atoms with Crippen molar-refractivity contribution >= 4 is 17.9 Å². The van der Waals surface area contributed by atoms with Crippen molar-refractivity contribution < 1.29 is 19.1 Å². The molecule has 8 heteroatoms.